The summed E-state index contributed by atoms with van der Waals surface area (Å²) in [6.45, 7) is 1.98. The molecule has 3 heteroatoms. The Bertz CT molecular complexity index is 561. The maximum atomic E-state index is 10.8. The summed E-state index contributed by atoms with van der Waals surface area (Å²) >= 11 is 0. The molecule has 1 aromatic carbocycles. The van der Waals surface area contributed by atoms with Crippen molar-refractivity contribution < 1.29 is 5.11 Å². The smallest absolute Gasteiger partial charge is 0.0783 e. The molecule has 3 nitrogen and oxygen atoms in total. The first-order chi connectivity index (χ1) is 8.56. The van der Waals surface area contributed by atoms with Gasteiger partial charge in [0.1, 0.15) is 0 Å². The number of benzene rings is 1. The minimum atomic E-state index is -0.649. The fraction of sp³-hybridized carbons (Fsp3) is 0.400. The van der Waals surface area contributed by atoms with Gasteiger partial charge in [-0.1, -0.05) is 24.3 Å². The van der Waals surface area contributed by atoms with Crippen molar-refractivity contribution in [2.24, 2.45) is 7.05 Å². The number of nitrogens with zero attached hydrogens (tertiary/aromatic N) is 2. The predicted octanol–water partition coefficient (Wildman–Crippen LogP) is 1.80. The molecule has 0 spiro atoms. The molecule has 0 bridgehead atoms. The van der Waals surface area contributed by atoms with Crippen molar-refractivity contribution in [2.75, 3.05) is 0 Å². The minimum Gasteiger partial charge on any atom is -0.389 e. The molecule has 0 radical (unpaired) electrons. The van der Waals surface area contributed by atoms with Gasteiger partial charge >= 0.3 is 0 Å². The molecule has 1 heterocycles. The van der Waals surface area contributed by atoms with Gasteiger partial charge in [-0.3, -0.25) is 4.68 Å². The molecule has 0 saturated heterocycles. The van der Waals surface area contributed by atoms with Crippen molar-refractivity contribution in [3.05, 3.63) is 52.8 Å². The van der Waals surface area contributed by atoms with E-state index in [1.807, 2.05) is 30.8 Å². The second-order valence-corrected chi connectivity index (χ2v) is 5.42. The van der Waals surface area contributed by atoms with Crippen LogP contribution < -0.4 is 0 Å². The lowest BCUT2D eigenvalue weighted by Gasteiger charge is -2.22. The summed E-state index contributed by atoms with van der Waals surface area (Å²) in [5, 5.41) is 15.1. The number of hydrogen-bond acceptors (Lipinski definition) is 2. The summed E-state index contributed by atoms with van der Waals surface area (Å²) in [5.74, 6) is 0. The topological polar surface area (TPSA) is 38.0 Å². The molecule has 1 aromatic heterocycles. The van der Waals surface area contributed by atoms with Crippen LogP contribution >= 0.6 is 0 Å². The van der Waals surface area contributed by atoms with Gasteiger partial charge in [-0.15, -0.1) is 0 Å². The molecule has 94 valence electrons. The van der Waals surface area contributed by atoms with E-state index >= 15 is 0 Å². The second-order valence-electron chi connectivity index (χ2n) is 5.42. The van der Waals surface area contributed by atoms with Crippen LogP contribution in [0.15, 0.2) is 30.3 Å². The zero-order valence-electron chi connectivity index (χ0n) is 10.8. The van der Waals surface area contributed by atoms with E-state index in [9.17, 15) is 5.11 Å². The molecular formula is C15H18N2O. The van der Waals surface area contributed by atoms with E-state index < -0.39 is 5.60 Å². The van der Waals surface area contributed by atoms with Crippen LogP contribution in [0.2, 0.25) is 0 Å². The highest BCUT2D eigenvalue weighted by atomic mass is 16.3. The van der Waals surface area contributed by atoms with Gasteiger partial charge in [0.05, 0.1) is 11.3 Å². The summed E-state index contributed by atoms with van der Waals surface area (Å²) in [7, 11) is 1.94. The van der Waals surface area contributed by atoms with Crippen LogP contribution in [0.1, 0.15) is 22.5 Å². The molecule has 18 heavy (non-hydrogen) atoms. The maximum absolute atomic E-state index is 10.8. The van der Waals surface area contributed by atoms with Crippen molar-refractivity contribution in [1.82, 2.24) is 9.78 Å². The third-order valence-corrected chi connectivity index (χ3v) is 3.77. The van der Waals surface area contributed by atoms with E-state index in [1.165, 1.54) is 11.1 Å². The Balaban J connectivity index is 1.85. The number of hydrogen-bond donors (Lipinski definition) is 1. The van der Waals surface area contributed by atoms with Crippen LogP contribution in [0.5, 0.6) is 0 Å². The summed E-state index contributed by atoms with van der Waals surface area (Å²) in [5.41, 5.74) is 4.01. The van der Waals surface area contributed by atoms with Crippen molar-refractivity contribution >= 4 is 0 Å². The fourth-order valence-corrected chi connectivity index (χ4v) is 2.97. The van der Waals surface area contributed by atoms with Crippen LogP contribution in [0.3, 0.4) is 0 Å². The zero-order valence-corrected chi connectivity index (χ0v) is 10.8. The molecule has 0 saturated carbocycles. The van der Waals surface area contributed by atoms with Gasteiger partial charge in [-0.25, -0.2) is 0 Å². The van der Waals surface area contributed by atoms with Gasteiger partial charge in [-0.05, 0) is 24.1 Å². The average molecular weight is 242 g/mol. The second kappa shape index (κ2) is 3.95. The predicted molar refractivity (Wildman–Crippen MR) is 70.4 cm³/mol. The summed E-state index contributed by atoms with van der Waals surface area (Å²) in [4.78, 5) is 0. The molecule has 0 amide bonds. The molecule has 0 atom stereocenters. The lowest BCUT2D eigenvalue weighted by Crippen LogP contribution is -2.33. The highest BCUT2D eigenvalue weighted by molar-refractivity contribution is 5.36. The van der Waals surface area contributed by atoms with E-state index in [-0.39, 0.29) is 0 Å². The average Bonchev–Trinajstić information content (AvgIpc) is 2.78. The number of fused-ring (bicyclic) bond motifs is 1. The zero-order chi connectivity index (χ0) is 12.8. The quantitative estimate of drug-likeness (QED) is 0.872. The first-order valence-electron chi connectivity index (χ1n) is 6.34. The Morgan fingerprint density at radius 1 is 1.28 bits per heavy atom. The van der Waals surface area contributed by atoms with Crippen LogP contribution in [0.25, 0.3) is 0 Å². The monoisotopic (exact) mass is 242 g/mol. The Labute approximate surface area is 107 Å². The fourth-order valence-electron chi connectivity index (χ4n) is 2.97. The summed E-state index contributed by atoms with van der Waals surface area (Å²) in [6, 6.07) is 10.4. The van der Waals surface area contributed by atoms with Gasteiger partial charge < -0.3 is 5.11 Å². The van der Waals surface area contributed by atoms with E-state index in [2.05, 4.69) is 23.3 Å². The normalized spacial score (nSPS) is 16.8. The largest absolute Gasteiger partial charge is 0.389 e. The number of rotatable bonds is 2. The summed E-state index contributed by atoms with van der Waals surface area (Å²) in [6.07, 6.45) is 2.15. The van der Waals surface area contributed by atoms with Crippen LogP contribution in [0, 0.1) is 6.92 Å². The molecule has 1 N–H and O–H groups in total. The van der Waals surface area contributed by atoms with Crippen LogP contribution in [0.4, 0.5) is 0 Å². The van der Waals surface area contributed by atoms with Gasteiger partial charge in [0.25, 0.3) is 0 Å². The van der Waals surface area contributed by atoms with Crippen LogP contribution in [-0.4, -0.2) is 20.5 Å². The minimum absolute atomic E-state index is 0.649. The molecule has 1 aliphatic rings. The van der Waals surface area contributed by atoms with Gasteiger partial charge in [-0.2, -0.15) is 5.10 Å². The number of aliphatic hydroxyl groups is 1. The third kappa shape index (κ3) is 1.95. The van der Waals surface area contributed by atoms with E-state index in [4.69, 9.17) is 0 Å². The Morgan fingerprint density at radius 3 is 2.39 bits per heavy atom. The van der Waals surface area contributed by atoms with Crippen molar-refractivity contribution in [3.63, 3.8) is 0 Å². The van der Waals surface area contributed by atoms with E-state index in [1.54, 1.807) is 0 Å². The molecule has 3 rings (SSSR count). The van der Waals surface area contributed by atoms with E-state index in [0.29, 0.717) is 6.42 Å². The molecule has 0 unspecified atom stereocenters. The Hall–Kier alpha value is -1.61. The van der Waals surface area contributed by atoms with E-state index in [0.717, 1.165) is 24.2 Å². The van der Waals surface area contributed by atoms with Crippen LogP contribution in [-0.2, 0) is 26.3 Å². The van der Waals surface area contributed by atoms with Gasteiger partial charge in [0.15, 0.2) is 0 Å². The lowest BCUT2D eigenvalue weighted by molar-refractivity contribution is 0.0499. The SMILES string of the molecule is Cc1cc(CC2(O)Cc3ccccc3C2)n(C)n1. The molecule has 0 fully saturated rings. The number of aromatic nitrogens is 2. The Kier molecular flexibility index (Phi) is 2.52. The first kappa shape index (κ1) is 11.5. The maximum Gasteiger partial charge on any atom is 0.0783 e. The third-order valence-electron chi connectivity index (χ3n) is 3.77. The Morgan fingerprint density at radius 2 is 1.89 bits per heavy atom. The highest BCUT2D eigenvalue weighted by Gasteiger charge is 2.35. The van der Waals surface area contributed by atoms with Crippen molar-refractivity contribution in [1.29, 1.82) is 0 Å². The first-order valence-corrected chi connectivity index (χ1v) is 6.34. The number of aryl methyl sites for hydroxylation is 2. The summed E-state index contributed by atoms with van der Waals surface area (Å²) < 4.78 is 1.87. The standard InChI is InChI=1S/C15H18N2O/c1-11-7-14(17(2)16-11)10-15(18)8-12-5-3-4-6-13(12)9-15/h3-7,18H,8-10H2,1-2H3. The van der Waals surface area contributed by atoms with Gasteiger partial charge in [0, 0.05) is 32.0 Å². The molecular weight excluding hydrogens is 224 g/mol. The van der Waals surface area contributed by atoms with Crippen molar-refractivity contribution in [2.45, 2.75) is 31.8 Å². The molecule has 1 aliphatic carbocycles. The van der Waals surface area contributed by atoms with Gasteiger partial charge in [0.2, 0.25) is 0 Å². The lowest BCUT2D eigenvalue weighted by atomic mass is 9.94. The van der Waals surface area contributed by atoms with Crippen molar-refractivity contribution in [3.8, 4) is 0 Å². The molecule has 2 aromatic rings. The molecule has 0 aliphatic heterocycles. The highest BCUT2D eigenvalue weighted by Crippen LogP contribution is 2.32.